The first kappa shape index (κ1) is 18.8. The van der Waals surface area contributed by atoms with Crippen molar-refractivity contribution in [3.8, 4) is 5.75 Å². The van der Waals surface area contributed by atoms with Crippen LogP contribution in [0, 0.1) is 5.82 Å². The number of amides is 3. The Labute approximate surface area is 154 Å². The maximum Gasteiger partial charge on any atom is 0.326 e. The zero-order valence-electron chi connectivity index (χ0n) is 14.7. The SMILES string of the molecule is COc1ccc(F)cc1C(=O)COC(=O)CN1C(=O)NC2(CCCC2)C1=O. The minimum Gasteiger partial charge on any atom is -0.496 e. The van der Waals surface area contributed by atoms with Gasteiger partial charge in [-0.15, -0.1) is 0 Å². The van der Waals surface area contributed by atoms with Gasteiger partial charge in [0.15, 0.2) is 6.61 Å². The van der Waals surface area contributed by atoms with Gasteiger partial charge in [0.25, 0.3) is 5.91 Å². The topological polar surface area (TPSA) is 102 Å². The van der Waals surface area contributed by atoms with Crippen molar-refractivity contribution in [1.82, 2.24) is 10.2 Å². The van der Waals surface area contributed by atoms with Crippen LogP contribution >= 0.6 is 0 Å². The molecule has 0 aromatic heterocycles. The predicted octanol–water partition coefficient (Wildman–Crippen LogP) is 1.42. The number of rotatable bonds is 6. The van der Waals surface area contributed by atoms with Crippen molar-refractivity contribution in [3.05, 3.63) is 29.6 Å². The molecule has 1 spiro atoms. The van der Waals surface area contributed by atoms with Gasteiger partial charge in [0.05, 0.1) is 12.7 Å². The minimum absolute atomic E-state index is 0.0646. The highest BCUT2D eigenvalue weighted by Crippen LogP contribution is 2.34. The number of ketones is 1. The second kappa shape index (κ2) is 7.34. The molecule has 1 aliphatic heterocycles. The summed E-state index contributed by atoms with van der Waals surface area (Å²) in [6, 6.07) is 2.77. The van der Waals surface area contributed by atoms with E-state index in [4.69, 9.17) is 9.47 Å². The Hall–Kier alpha value is -2.97. The Morgan fingerprint density at radius 2 is 1.96 bits per heavy atom. The number of hydrogen-bond acceptors (Lipinski definition) is 6. The quantitative estimate of drug-likeness (QED) is 0.456. The Kier molecular flexibility index (Phi) is 5.11. The lowest BCUT2D eigenvalue weighted by Crippen LogP contribution is -2.44. The first-order chi connectivity index (χ1) is 12.9. The van der Waals surface area contributed by atoms with Gasteiger partial charge >= 0.3 is 12.0 Å². The molecule has 144 valence electrons. The summed E-state index contributed by atoms with van der Waals surface area (Å²) < 4.78 is 23.2. The molecule has 9 heteroatoms. The number of halogens is 1. The highest BCUT2D eigenvalue weighted by molar-refractivity contribution is 6.09. The number of nitrogens with one attached hydrogen (secondary N) is 1. The van der Waals surface area contributed by atoms with Crippen LogP contribution in [-0.2, 0) is 14.3 Å². The molecule has 2 fully saturated rings. The van der Waals surface area contributed by atoms with Crippen molar-refractivity contribution in [1.29, 1.82) is 0 Å². The van der Waals surface area contributed by atoms with Crippen LogP contribution in [0.2, 0.25) is 0 Å². The first-order valence-electron chi connectivity index (χ1n) is 8.53. The Balaban J connectivity index is 1.59. The Bertz CT molecular complexity index is 803. The smallest absolute Gasteiger partial charge is 0.326 e. The molecule has 3 amide bonds. The Morgan fingerprint density at radius 3 is 2.63 bits per heavy atom. The number of esters is 1. The molecule has 8 nitrogen and oxygen atoms in total. The molecule has 1 aromatic carbocycles. The highest BCUT2D eigenvalue weighted by atomic mass is 19.1. The fraction of sp³-hybridized carbons (Fsp3) is 0.444. The van der Waals surface area contributed by atoms with Gasteiger partial charge in [0.1, 0.15) is 23.7 Å². The second-order valence-corrected chi connectivity index (χ2v) is 6.54. The molecule has 0 atom stereocenters. The van der Waals surface area contributed by atoms with E-state index in [9.17, 15) is 23.6 Å². The third-order valence-corrected chi connectivity index (χ3v) is 4.82. The maximum atomic E-state index is 13.3. The lowest BCUT2D eigenvalue weighted by Gasteiger charge is -2.19. The second-order valence-electron chi connectivity index (χ2n) is 6.54. The zero-order valence-corrected chi connectivity index (χ0v) is 14.7. The number of Topliss-reactive ketones (excluding diaryl/α,β-unsaturated/α-hetero) is 1. The fourth-order valence-corrected chi connectivity index (χ4v) is 3.43. The van der Waals surface area contributed by atoms with Gasteiger partial charge in [-0.25, -0.2) is 9.18 Å². The Morgan fingerprint density at radius 1 is 1.26 bits per heavy atom. The summed E-state index contributed by atoms with van der Waals surface area (Å²) >= 11 is 0. The van der Waals surface area contributed by atoms with Gasteiger partial charge in [0, 0.05) is 0 Å². The number of imide groups is 1. The number of hydrogen-bond donors (Lipinski definition) is 1. The normalized spacial score (nSPS) is 17.9. The average molecular weight is 378 g/mol. The van der Waals surface area contributed by atoms with E-state index in [1.165, 1.54) is 13.2 Å². The van der Waals surface area contributed by atoms with Crippen LogP contribution in [0.15, 0.2) is 18.2 Å². The number of ether oxygens (including phenoxy) is 2. The number of urea groups is 1. The van der Waals surface area contributed by atoms with Crippen LogP contribution in [-0.4, -0.2) is 54.4 Å². The lowest BCUT2D eigenvalue weighted by molar-refractivity contribution is -0.146. The summed E-state index contributed by atoms with van der Waals surface area (Å²) in [6.07, 6.45) is 2.74. The van der Waals surface area contributed by atoms with Gasteiger partial charge in [-0.2, -0.15) is 0 Å². The van der Waals surface area contributed by atoms with Gasteiger partial charge in [-0.1, -0.05) is 12.8 Å². The summed E-state index contributed by atoms with van der Waals surface area (Å²) in [5, 5.41) is 2.65. The predicted molar refractivity (Wildman–Crippen MR) is 89.7 cm³/mol. The molecule has 1 saturated heterocycles. The minimum atomic E-state index is -0.915. The van der Waals surface area contributed by atoms with Gasteiger partial charge in [0.2, 0.25) is 5.78 Å². The molecule has 1 saturated carbocycles. The molecule has 0 bridgehead atoms. The van der Waals surface area contributed by atoms with E-state index in [-0.39, 0.29) is 11.3 Å². The molecule has 1 aliphatic carbocycles. The molecule has 1 aromatic rings. The highest BCUT2D eigenvalue weighted by Gasteiger charge is 2.52. The van der Waals surface area contributed by atoms with Crippen molar-refractivity contribution in [2.24, 2.45) is 0 Å². The number of carbonyl (C=O) groups is 4. The third-order valence-electron chi connectivity index (χ3n) is 4.82. The first-order valence-corrected chi connectivity index (χ1v) is 8.53. The van der Waals surface area contributed by atoms with Crippen LogP contribution in [0.25, 0.3) is 0 Å². The van der Waals surface area contributed by atoms with Crippen molar-refractivity contribution in [3.63, 3.8) is 0 Å². The van der Waals surface area contributed by atoms with Gasteiger partial charge in [-0.3, -0.25) is 19.3 Å². The van der Waals surface area contributed by atoms with E-state index in [0.717, 1.165) is 29.9 Å². The van der Waals surface area contributed by atoms with Gasteiger partial charge < -0.3 is 14.8 Å². The third kappa shape index (κ3) is 3.62. The number of nitrogens with zero attached hydrogens (tertiary/aromatic N) is 1. The number of benzene rings is 1. The fourth-order valence-electron chi connectivity index (χ4n) is 3.43. The van der Waals surface area contributed by atoms with Crippen molar-refractivity contribution in [2.75, 3.05) is 20.3 Å². The van der Waals surface area contributed by atoms with E-state index in [2.05, 4.69) is 5.32 Å². The molecule has 1 N–H and O–H groups in total. The summed E-state index contributed by atoms with van der Waals surface area (Å²) in [7, 11) is 1.33. The van der Waals surface area contributed by atoms with Gasteiger partial charge in [-0.05, 0) is 31.0 Å². The number of methoxy groups -OCH3 is 1. The van der Waals surface area contributed by atoms with E-state index >= 15 is 0 Å². The van der Waals surface area contributed by atoms with Crippen LogP contribution in [0.1, 0.15) is 36.0 Å². The van der Waals surface area contributed by atoms with E-state index < -0.39 is 48.2 Å². The molecule has 27 heavy (non-hydrogen) atoms. The molecule has 0 radical (unpaired) electrons. The standard InChI is InChI=1S/C18H19FN2O6/c1-26-14-5-4-11(19)8-12(14)13(22)10-27-15(23)9-21-16(24)18(20-17(21)25)6-2-3-7-18/h4-5,8H,2-3,6-7,9-10H2,1H3,(H,20,25). The molecule has 2 aliphatic rings. The van der Waals surface area contributed by atoms with Crippen LogP contribution < -0.4 is 10.1 Å². The summed E-state index contributed by atoms with van der Waals surface area (Å²) in [4.78, 5) is 49.5. The molecular formula is C18H19FN2O6. The monoisotopic (exact) mass is 378 g/mol. The summed E-state index contributed by atoms with van der Waals surface area (Å²) in [5.74, 6) is -2.50. The summed E-state index contributed by atoms with van der Waals surface area (Å²) in [5.41, 5.74) is -0.979. The van der Waals surface area contributed by atoms with Crippen molar-refractivity contribution in [2.45, 2.75) is 31.2 Å². The lowest BCUT2D eigenvalue weighted by atomic mass is 9.98. The molecule has 3 rings (SSSR count). The molecular weight excluding hydrogens is 359 g/mol. The maximum absolute atomic E-state index is 13.3. The van der Waals surface area contributed by atoms with Crippen molar-refractivity contribution >= 4 is 23.7 Å². The van der Waals surface area contributed by atoms with Crippen molar-refractivity contribution < 1.29 is 33.0 Å². The summed E-state index contributed by atoms with van der Waals surface area (Å²) in [6.45, 7) is -1.24. The average Bonchev–Trinajstić information content (AvgIpc) is 3.20. The number of carbonyl (C=O) groups excluding carboxylic acids is 4. The molecule has 1 heterocycles. The van der Waals surface area contributed by atoms with Crippen LogP contribution in [0.3, 0.4) is 0 Å². The van der Waals surface area contributed by atoms with E-state index in [1.54, 1.807) is 0 Å². The largest absolute Gasteiger partial charge is 0.496 e. The molecule has 0 unspecified atom stereocenters. The van der Waals surface area contributed by atoms with E-state index in [1.807, 2.05) is 0 Å². The van der Waals surface area contributed by atoms with Crippen LogP contribution in [0.5, 0.6) is 5.75 Å². The van der Waals surface area contributed by atoms with E-state index in [0.29, 0.717) is 12.8 Å². The zero-order chi connectivity index (χ0) is 19.6. The van der Waals surface area contributed by atoms with Crippen LogP contribution in [0.4, 0.5) is 9.18 Å².